The van der Waals surface area contributed by atoms with Crippen molar-refractivity contribution in [2.24, 2.45) is 0 Å². The van der Waals surface area contributed by atoms with Crippen molar-refractivity contribution < 1.29 is 9.47 Å². The molecule has 0 spiro atoms. The average molecular weight is 277 g/mol. The first kappa shape index (κ1) is 16.3. The highest BCUT2D eigenvalue weighted by Gasteiger charge is 2.18. The summed E-state index contributed by atoms with van der Waals surface area (Å²) >= 11 is 0. The number of hydrogen-bond donors (Lipinski definition) is 1. The van der Waals surface area contributed by atoms with Crippen LogP contribution in [-0.2, 0) is 0 Å². The fraction of sp³-hybridized carbons (Fsp3) is 0.533. The van der Waals surface area contributed by atoms with Gasteiger partial charge in [0.2, 0.25) is 0 Å². The molecule has 1 aromatic carbocycles. The first-order valence-electron chi connectivity index (χ1n) is 6.62. The molecule has 0 bridgehead atoms. The van der Waals surface area contributed by atoms with Crippen LogP contribution in [0.2, 0.25) is 0 Å². The van der Waals surface area contributed by atoms with Crippen molar-refractivity contribution in [3.05, 3.63) is 23.8 Å². The lowest BCUT2D eigenvalue weighted by Crippen LogP contribution is -2.25. The molecule has 0 fully saturated rings. The summed E-state index contributed by atoms with van der Waals surface area (Å²) in [6.45, 7) is 1.76. The molecule has 0 radical (unpaired) electrons. The summed E-state index contributed by atoms with van der Waals surface area (Å²) in [5.41, 5.74) is 0.805. The third kappa shape index (κ3) is 4.41. The van der Waals surface area contributed by atoms with E-state index in [0.717, 1.165) is 25.1 Å². The van der Waals surface area contributed by atoms with Gasteiger partial charge < -0.3 is 14.4 Å². The Hall–Kier alpha value is -1.77. The van der Waals surface area contributed by atoms with Gasteiger partial charge in [-0.3, -0.25) is 5.32 Å². The second-order valence-corrected chi connectivity index (χ2v) is 4.76. The van der Waals surface area contributed by atoms with Gasteiger partial charge >= 0.3 is 0 Å². The number of benzene rings is 1. The van der Waals surface area contributed by atoms with E-state index in [-0.39, 0.29) is 0 Å². The van der Waals surface area contributed by atoms with E-state index in [1.807, 2.05) is 32.3 Å². The van der Waals surface area contributed by atoms with Crippen LogP contribution >= 0.6 is 0 Å². The van der Waals surface area contributed by atoms with Gasteiger partial charge in [0.25, 0.3) is 0 Å². The number of ether oxygens (including phenoxy) is 2. The Kier molecular flexibility index (Phi) is 6.85. The minimum Gasteiger partial charge on any atom is -0.493 e. The third-order valence-electron chi connectivity index (χ3n) is 3.00. The first-order chi connectivity index (χ1) is 9.63. The molecule has 0 saturated carbocycles. The van der Waals surface area contributed by atoms with E-state index in [0.29, 0.717) is 11.5 Å². The van der Waals surface area contributed by atoms with Crippen molar-refractivity contribution in [1.29, 1.82) is 5.26 Å². The third-order valence-corrected chi connectivity index (χ3v) is 3.00. The highest BCUT2D eigenvalue weighted by Crippen LogP contribution is 2.34. The summed E-state index contributed by atoms with van der Waals surface area (Å²) in [6.07, 6.45) is 0.984. The lowest BCUT2D eigenvalue weighted by atomic mass is 10.1. The van der Waals surface area contributed by atoms with Gasteiger partial charge in [-0.2, -0.15) is 5.26 Å². The molecule has 0 amide bonds. The predicted molar refractivity (Wildman–Crippen MR) is 79.1 cm³/mol. The minimum absolute atomic E-state index is 0.401. The summed E-state index contributed by atoms with van der Waals surface area (Å²) in [5, 5.41) is 12.6. The van der Waals surface area contributed by atoms with Crippen LogP contribution in [0.5, 0.6) is 11.5 Å². The van der Waals surface area contributed by atoms with Gasteiger partial charge in [-0.1, -0.05) is 12.1 Å². The van der Waals surface area contributed by atoms with Gasteiger partial charge in [0.05, 0.1) is 20.3 Å². The van der Waals surface area contributed by atoms with Crippen molar-refractivity contribution in [2.45, 2.75) is 12.5 Å². The van der Waals surface area contributed by atoms with Gasteiger partial charge in [0.1, 0.15) is 6.04 Å². The molecule has 1 N–H and O–H groups in total. The maximum Gasteiger partial charge on any atom is 0.166 e. The van der Waals surface area contributed by atoms with Gasteiger partial charge in [-0.15, -0.1) is 0 Å². The van der Waals surface area contributed by atoms with E-state index < -0.39 is 6.04 Å². The van der Waals surface area contributed by atoms with Gasteiger partial charge in [-0.05, 0) is 39.7 Å². The van der Waals surface area contributed by atoms with Crippen LogP contribution in [0.1, 0.15) is 18.0 Å². The summed E-state index contributed by atoms with van der Waals surface area (Å²) in [4.78, 5) is 2.12. The van der Waals surface area contributed by atoms with Crippen LogP contribution in [0.15, 0.2) is 18.2 Å². The minimum atomic E-state index is -0.401. The SMILES string of the molecule is COc1cccc(C(C#N)NCCCN(C)C)c1OC. The van der Waals surface area contributed by atoms with Crippen LogP contribution in [0.4, 0.5) is 0 Å². The van der Waals surface area contributed by atoms with Gasteiger partial charge in [-0.25, -0.2) is 0 Å². The average Bonchev–Trinajstić information content (AvgIpc) is 2.46. The second kappa shape index (κ2) is 8.41. The molecule has 20 heavy (non-hydrogen) atoms. The maximum absolute atomic E-state index is 9.35. The molecule has 1 aromatic rings. The zero-order valence-corrected chi connectivity index (χ0v) is 12.6. The summed E-state index contributed by atoms with van der Waals surface area (Å²) in [5.74, 6) is 1.25. The lowest BCUT2D eigenvalue weighted by molar-refractivity contribution is 0.348. The smallest absolute Gasteiger partial charge is 0.166 e. The Morgan fingerprint density at radius 3 is 2.60 bits per heavy atom. The Labute approximate surface area is 121 Å². The molecule has 0 aliphatic heterocycles. The molecule has 0 heterocycles. The number of methoxy groups -OCH3 is 2. The largest absolute Gasteiger partial charge is 0.493 e. The van der Waals surface area contributed by atoms with E-state index in [1.165, 1.54) is 0 Å². The van der Waals surface area contributed by atoms with Crippen molar-refractivity contribution >= 4 is 0 Å². The molecule has 5 nitrogen and oxygen atoms in total. The number of nitrogens with one attached hydrogen (secondary N) is 1. The first-order valence-corrected chi connectivity index (χ1v) is 6.62. The van der Waals surface area contributed by atoms with Crippen LogP contribution in [-0.4, -0.2) is 46.3 Å². The van der Waals surface area contributed by atoms with Crippen molar-refractivity contribution in [3.8, 4) is 17.6 Å². The molecule has 0 aliphatic rings. The fourth-order valence-electron chi connectivity index (χ4n) is 2.01. The van der Waals surface area contributed by atoms with Crippen molar-refractivity contribution in [2.75, 3.05) is 41.4 Å². The van der Waals surface area contributed by atoms with Gasteiger partial charge in [0.15, 0.2) is 11.5 Å². The number of nitrogens with zero attached hydrogens (tertiary/aromatic N) is 2. The second-order valence-electron chi connectivity index (χ2n) is 4.76. The Morgan fingerprint density at radius 2 is 2.05 bits per heavy atom. The summed E-state index contributed by atoms with van der Waals surface area (Å²) < 4.78 is 10.6. The normalized spacial score (nSPS) is 12.0. The van der Waals surface area contributed by atoms with E-state index in [4.69, 9.17) is 9.47 Å². The molecular formula is C15H23N3O2. The Bertz CT molecular complexity index is 455. The molecule has 5 heteroatoms. The standard InChI is InChI=1S/C15H23N3O2/c1-18(2)10-6-9-17-13(11-16)12-7-5-8-14(19-3)15(12)20-4/h5,7-8,13,17H,6,9-10H2,1-4H3. The number of hydrogen-bond acceptors (Lipinski definition) is 5. The quantitative estimate of drug-likeness (QED) is 0.734. The van der Waals surface area contributed by atoms with Crippen LogP contribution in [0, 0.1) is 11.3 Å². The molecule has 0 aliphatic carbocycles. The molecule has 1 atom stereocenters. The number of rotatable bonds is 8. The zero-order valence-electron chi connectivity index (χ0n) is 12.6. The number of para-hydroxylation sites is 1. The lowest BCUT2D eigenvalue weighted by Gasteiger charge is -2.17. The monoisotopic (exact) mass is 277 g/mol. The predicted octanol–water partition coefficient (Wildman–Crippen LogP) is 1.81. The fourth-order valence-corrected chi connectivity index (χ4v) is 2.01. The van der Waals surface area contributed by atoms with E-state index in [2.05, 4.69) is 16.3 Å². The van der Waals surface area contributed by atoms with E-state index >= 15 is 0 Å². The molecule has 1 rings (SSSR count). The van der Waals surface area contributed by atoms with E-state index in [1.54, 1.807) is 14.2 Å². The highest BCUT2D eigenvalue weighted by atomic mass is 16.5. The molecule has 0 aromatic heterocycles. The summed E-state index contributed by atoms with van der Waals surface area (Å²) in [7, 11) is 7.25. The zero-order chi connectivity index (χ0) is 15.0. The molecule has 0 saturated heterocycles. The molecular weight excluding hydrogens is 254 g/mol. The Balaban J connectivity index is 2.77. The molecule has 110 valence electrons. The maximum atomic E-state index is 9.35. The summed E-state index contributed by atoms with van der Waals surface area (Å²) in [6, 6.07) is 7.44. The van der Waals surface area contributed by atoms with Crippen molar-refractivity contribution in [3.63, 3.8) is 0 Å². The topological polar surface area (TPSA) is 57.5 Å². The van der Waals surface area contributed by atoms with Crippen LogP contribution < -0.4 is 14.8 Å². The van der Waals surface area contributed by atoms with E-state index in [9.17, 15) is 5.26 Å². The van der Waals surface area contributed by atoms with Crippen molar-refractivity contribution in [1.82, 2.24) is 10.2 Å². The molecule has 1 unspecified atom stereocenters. The highest BCUT2D eigenvalue weighted by molar-refractivity contribution is 5.49. The van der Waals surface area contributed by atoms with Crippen LogP contribution in [0.25, 0.3) is 0 Å². The number of nitriles is 1. The van der Waals surface area contributed by atoms with Gasteiger partial charge in [0, 0.05) is 5.56 Å². The van der Waals surface area contributed by atoms with Crippen LogP contribution in [0.3, 0.4) is 0 Å². The Morgan fingerprint density at radius 1 is 1.30 bits per heavy atom.